The fraction of sp³-hybridized carbons (Fsp3) is 0.600. The van der Waals surface area contributed by atoms with Crippen LogP contribution in [0.1, 0.15) is 31.1 Å². The van der Waals surface area contributed by atoms with Crippen molar-refractivity contribution in [1.82, 2.24) is 9.97 Å². The van der Waals surface area contributed by atoms with Crippen molar-refractivity contribution in [1.29, 1.82) is 0 Å². The summed E-state index contributed by atoms with van der Waals surface area (Å²) in [7, 11) is 1.90. The smallest absolute Gasteiger partial charge is 0.225 e. The van der Waals surface area contributed by atoms with Crippen LogP contribution in [-0.4, -0.2) is 29.6 Å². The number of piperidine rings is 1. The molecule has 1 N–H and O–H groups in total. The molecule has 1 aliphatic heterocycles. The quantitative estimate of drug-likeness (QED) is 0.941. The maximum Gasteiger partial charge on any atom is 0.225 e. The molecular formula is C15H20N4S. The molecule has 1 saturated carbocycles. The van der Waals surface area contributed by atoms with Crippen molar-refractivity contribution in [3.8, 4) is 0 Å². The lowest BCUT2D eigenvalue weighted by atomic mass is 10.1. The second kappa shape index (κ2) is 4.58. The van der Waals surface area contributed by atoms with Crippen LogP contribution in [-0.2, 0) is 6.42 Å². The van der Waals surface area contributed by atoms with Crippen LogP contribution in [0.3, 0.4) is 0 Å². The third kappa shape index (κ3) is 1.79. The summed E-state index contributed by atoms with van der Waals surface area (Å²) < 4.78 is 0. The third-order valence-corrected chi connectivity index (χ3v) is 5.85. The zero-order valence-electron chi connectivity index (χ0n) is 12.0. The lowest BCUT2D eigenvalue weighted by Crippen LogP contribution is -2.32. The number of anilines is 2. The number of hydrogen-bond acceptors (Lipinski definition) is 5. The molecule has 106 valence electrons. The molecule has 1 saturated heterocycles. The van der Waals surface area contributed by atoms with Crippen LogP contribution in [0.25, 0.3) is 10.2 Å². The molecule has 0 aromatic carbocycles. The van der Waals surface area contributed by atoms with E-state index in [1.165, 1.54) is 36.1 Å². The normalized spacial score (nSPS) is 24.8. The van der Waals surface area contributed by atoms with Gasteiger partial charge in [-0.1, -0.05) is 6.92 Å². The third-order valence-electron chi connectivity index (χ3n) is 4.68. The van der Waals surface area contributed by atoms with Gasteiger partial charge < -0.3 is 10.2 Å². The number of thiophene rings is 1. The Kier molecular flexibility index (Phi) is 2.84. The van der Waals surface area contributed by atoms with Crippen molar-refractivity contribution in [2.75, 3.05) is 23.8 Å². The summed E-state index contributed by atoms with van der Waals surface area (Å²) in [5, 5.41) is 4.36. The highest BCUT2D eigenvalue weighted by atomic mass is 32.1. The number of hydrogen-bond donors (Lipinski definition) is 1. The van der Waals surface area contributed by atoms with Gasteiger partial charge in [0, 0.05) is 24.5 Å². The Morgan fingerprint density at radius 3 is 2.95 bits per heavy atom. The maximum absolute atomic E-state index is 4.78. The molecule has 2 aliphatic rings. The Balaban J connectivity index is 1.85. The summed E-state index contributed by atoms with van der Waals surface area (Å²) in [6, 6.07) is 2.99. The van der Waals surface area contributed by atoms with Crippen LogP contribution < -0.4 is 10.2 Å². The van der Waals surface area contributed by atoms with Gasteiger partial charge in [0.1, 0.15) is 10.6 Å². The molecule has 2 aromatic heterocycles. The van der Waals surface area contributed by atoms with E-state index >= 15 is 0 Å². The van der Waals surface area contributed by atoms with Gasteiger partial charge in [-0.15, -0.1) is 11.3 Å². The van der Waals surface area contributed by atoms with Gasteiger partial charge in [0.2, 0.25) is 5.95 Å². The standard InChI is InChI=1S/C15H20N4S/c1-3-11-7-12-13(17-15(16-2)18-14(12)20-11)19-8-9-4-5-10(19)6-9/h7,9-10H,3-6,8H2,1-2H3,(H,16,17,18). The minimum atomic E-state index is 0.702. The van der Waals surface area contributed by atoms with Gasteiger partial charge in [0.25, 0.3) is 0 Å². The Morgan fingerprint density at radius 1 is 1.40 bits per heavy atom. The van der Waals surface area contributed by atoms with Crippen molar-refractivity contribution >= 4 is 33.3 Å². The van der Waals surface area contributed by atoms with E-state index in [1.54, 1.807) is 11.3 Å². The first-order valence-corrected chi connectivity index (χ1v) is 8.35. The molecule has 2 fully saturated rings. The molecule has 5 heteroatoms. The van der Waals surface area contributed by atoms with Gasteiger partial charge in [-0.05, 0) is 37.7 Å². The van der Waals surface area contributed by atoms with Crippen LogP contribution in [0, 0.1) is 5.92 Å². The van der Waals surface area contributed by atoms with E-state index in [0.29, 0.717) is 6.04 Å². The first-order valence-electron chi connectivity index (χ1n) is 7.53. The van der Waals surface area contributed by atoms with Crippen LogP contribution in [0.4, 0.5) is 11.8 Å². The molecule has 0 amide bonds. The van der Waals surface area contributed by atoms with E-state index in [0.717, 1.165) is 28.9 Å². The van der Waals surface area contributed by atoms with E-state index in [2.05, 4.69) is 28.2 Å². The molecule has 2 bridgehead atoms. The molecule has 3 heterocycles. The molecule has 0 radical (unpaired) electrons. The number of fused-ring (bicyclic) bond motifs is 3. The SMILES string of the molecule is CCc1cc2c(N3CC4CCC3C4)nc(NC)nc2s1. The number of rotatable bonds is 3. The molecule has 4 nitrogen and oxygen atoms in total. The molecule has 20 heavy (non-hydrogen) atoms. The van der Waals surface area contributed by atoms with E-state index in [9.17, 15) is 0 Å². The molecule has 1 aliphatic carbocycles. The molecule has 2 aromatic rings. The van der Waals surface area contributed by atoms with Crippen LogP contribution >= 0.6 is 11.3 Å². The van der Waals surface area contributed by atoms with E-state index in [-0.39, 0.29) is 0 Å². The molecule has 4 rings (SSSR count). The number of aromatic nitrogens is 2. The highest BCUT2D eigenvalue weighted by molar-refractivity contribution is 7.18. The van der Waals surface area contributed by atoms with Crippen molar-refractivity contribution in [2.45, 2.75) is 38.6 Å². The summed E-state index contributed by atoms with van der Waals surface area (Å²) in [6.45, 7) is 3.38. The maximum atomic E-state index is 4.78. The fourth-order valence-corrected chi connectivity index (χ4v) is 4.61. The zero-order chi connectivity index (χ0) is 13.7. The van der Waals surface area contributed by atoms with Gasteiger partial charge >= 0.3 is 0 Å². The first-order chi connectivity index (χ1) is 9.78. The lowest BCUT2D eigenvalue weighted by molar-refractivity contribution is 0.551. The largest absolute Gasteiger partial charge is 0.357 e. The highest BCUT2D eigenvalue weighted by Crippen LogP contribution is 2.42. The van der Waals surface area contributed by atoms with Crippen LogP contribution in [0.2, 0.25) is 0 Å². The Labute approximate surface area is 123 Å². The van der Waals surface area contributed by atoms with Crippen molar-refractivity contribution in [3.63, 3.8) is 0 Å². The van der Waals surface area contributed by atoms with Gasteiger partial charge in [-0.2, -0.15) is 4.98 Å². The van der Waals surface area contributed by atoms with E-state index in [4.69, 9.17) is 4.98 Å². The van der Waals surface area contributed by atoms with Crippen LogP contribution in [0.5, 0.6) is 0 Å². The molecular weight excluding hydrogens is 268 g/mol. The minimum absolute atomic E-state index is 0.702. The minimum Gasteiger partial charge on any atom is -0.357 e. The average Bonchev–Trinajstić information content (AvgIpc) is 3.19. The molecule has 2 atom stereocenters. The highest BCUT2D eigenvalue weighted by Gasteiger charge is 2.39. The summed E-state index contributed by atoms with van der Waals surface area (Å²) >= 11 is 1.80. The first kappa shape index (κ1) is 12.4. The number of nitrogens with zero attached hydrogens (tertiary/aromatic N) is 3. The predicted octanol–water partition coefficient (Wildman–Crippen LogP) is 3.28. The van der Waals surface area contributed by atoms with Gasteiger partial charge in [-0.25, -0.2) is 4.98 Å². The van der Waals surface area contributed by atoms with Crippen molar-refractivity contribution in [3.05, 3.63) is 10.9 Å². The Bertz CT molecular complexity index is 651. The van der Waals surface area contributed by atoms with E-state index < -0.39 is 0 Å². The fourth-order valence-electron chi connectivity index (χ4n) is 3.65. The van der Waals surface area contributed by atoms with Gasteiger partial charge in [0.05, 0.1) is 5.39 Å². The average molecular weight is 288 g/mol. The number of aryl methyl sites for hydroxylation is 1. The second-order valence-corrected chi connectivity index (χ2v) is 7.01. The molecule has 2 unspecified atom stereocenters. The second-order valence-electron chi connectivity index (χ2n) is 5.89. The van der Waals surface area contributed by atoms with Crippen LogP contribution in [0.15, 0.2) is 6.07 Å². The predicted molar refractivity (Wildman–Crippen MR) is 84.8 cm³/mol. The molecule has 0 spiro atoms. The number of nitrogens with one attached hydrogen (secondary N) is 1. The lowest BCUT2D eigenvalue weighted by Gasteiger charge is -2.28. The van der Waals surface area contributed by atoms with E-state index in [1.807, 2.05) is 7.05 Å². The Hall–Kier alpha value is -1.36. The summed E-state index contributed by atoms with van der Waals surface area (Å²) in [5.74, 6) is 2.79. The summed E-state index contributed by atoms with van der Waals surface area (Å²) in [5.41, 5.74) is 0. The topological polar surface area (TPSA) is 41.1 Å². The van der Waals surface area contributed by atoms with Crippen molar-refractivity contribution < 1.29 is 0 Å². The monoisotopic (exact) mass is 288 g/mol. The Morgan fingerprint density at radius 2 is 2.30 bits per heavy atom. The zero-order valence-corrected chi connectivity index (χ0v) is 12.8. The van der Waals surface area contributed by atoms with Crippen molar-refractivity contribution in [2.24, 2.45) is 5.92 Å². The summed E-state index contributed by atoms with van der Waals surface area (Å²) in [6.07, 6.45) is 5.15. The van der Waals surface area contributed by atoms with Gasteiger partial charge in [-0.3, -0.25) is 0 Å². The van der Waals surface area contributed by atoms with Gasteiger partial charge in [0.15, 0.2) is 0 Å². The summed E-state index contributed by atoms with van der Waals surface area (Å²) in [4.78, 5) is 14.5.